The summed E-state index contributed by atoms with van der Waals surface area (Å²) in [6.07, 6.45) is 3.95. The molecule has 3 aromatic rings. The quantitative estimate of drug-likeness (QED) is 0.589. The summed E-state index contributed by atoms with van der Waals surface area (Å²) < 4.78 is 1.81. The van der Waals surface area contributed by atoms with Crippen molar-refractivity contribution < 1.29 is 4.79 Å². The van der Waals surface area contributed by atoms with E-state index in [9.17, 15) is 4.79 Å². The van der Waals surface area contributed by atoms with Gasteiger partial charge in [-0.15, -0.1) is 0 Å². The Morgan fingerprint density at radius 1 is 1.24 bits per heavy atom. The van der Waals surface area contributed by atoms with Gasteiger partial charge in [0.2, 0.25) is 0 Å². The van der Waals surface area contributed by atoms with Gasteiger partial charge in [0.15, 0.2) is 5.78 Å². The van der Waals surface area contributed by atoms with Gasteiger partial charge in [-0.1, -0.05) is 24.3 Å². The number of nitrogens with two attached hydrogens (primary N) is 1. The molecule has 106 valence electrons. The summed E-state index contributed by atoms with van der Waals surface area (Å²) in [7, 11) is 0. The molecule has 0 fully saturated rings. The lowest BCUT2D eigenvalue weighted by Crippen LogP contribution is -2.06. The molecule has 4 nitrogen and oxygen atoms in total. The second-order valence-corrected chi connectivity index (χ2v) is 5.09. The number of carbonyl (C=O) groups excluding carboxylic acids is 1. The molecule has 0 aliphatic heterocycles. The first kappa shape index (κ1) is 13.4. The number of aryl methyl sites for hydroxylation is 1. The van der Waals surface area contributed by atoms with Gasteiger partial charge < -0.3 is 5.73 Å². The number of nitrogen functional groups attached to an aromatic ring is 1. The van der Waals surface area contributed by atoms with E-state index in [0.717, 1.165) is 22.9 Å². The van der Waals surface area contributed by atoms with Crippen molar-refractivity contribution in [3.63, 3.8) is 0 Å². The summed E-state index contributed by atoms with van der Waals surface area (Å²) >= 11 is 0. The van der Waals surface area contributed by atoms with Gasteiger partial charge in [-0.2, -0.15) is 5.10 Å². The molecule has 3 rings (SSSR count). The molecule has 0 unspecified atom stereocenters. The van der Waals surface area contributed by atoms with Crippen molar-refractivity contribution in [3.8, 4) is 0 Å². The number of Topliss-reactive ketones (excluding diaryl/α,β-unsaturated/α-hetero) is 1. The Morgan fingerprint density at radius 2 is 1.95 bits per heavy atom. The third kappa shape index (κ3) is 2.65. The maximum absolute atomic E-state index is 12.5. The van der Waals surface area contributed by atoms with E-state index >= 15 is 0 Å². The standard InChI is InChI=1S/C17H17N3O/c1-2-20-11-12(10-19-20)7-17(21)15-8-13-5-3-4-6-14(13)9-16(15)18/h3-6,8-11H,2,7,18H2,1H3. The molecule has 0 aliphatic carbocycles. The van der Waals surface area contributed by atoms with E-state index in [-0.39, 0.29) is 5.78 Å². The number of benzene rings is 2. The zero-order valence-corrected chi connectivity index (χ0v) is 11.9. The molecule has 4 heteroatoms. The van der Waals surface area contributed by atoms with E-state index in [1.807, 2.05) is 54.2 Å². The fraction of sp³-hybridized carbons (Fsp3) is 0.176. The Bertz CT molecular complexity index is 805. The van der Waals surface area contributed by atoms with Crippen molar-refractivity contribution in [2.24, 2.45) is 0 Å². The van der Waals surface area contributed by atoms with Crippen LogP contribution in [-0.4, -0.2) is 15.6 Å². The number of rotatable bonds is 4. The summed E-state index contributed by atoms with van der Waals surface area (Å²) in [5.41, 5.74) is 8.05. The van der Waals surface area contributed by atoms with Gasteiger partial charge in [0.25, 0.3) is 0 Å². The Kier molecular flexibility index (Phi) is 3.44. The lowest BCUT2D eigenvalue weighted by atomic mass is 9.99. The third-order valence-electron chi connectivity index (χ3n) is 3.59. The topological polar surface area (TPSA) is 60.9 Å². The Morgan fingerprint density at radius 3 is 2.62 bits per heavy atom. The molecule has 21 heavy (non-hydrogen) atoms. The number of hydrogen-bond donors (Lipinski definition) is 1. The number of fused-ring (bicyclic) bond motifs is 1. The first-order valence-electron chi connectivity index (χ1n) is 7.00. The van der Waals surface area contributed by atoms with Gasteiger partial charge in [0, 0.05) is 30.4 Å². The molecule has 2 N–H and O–H groups in total. The van der Waals surface area contributed by atoms with Crippen LogP contribution in [0, 0.1) is 0 Å². The molecule has 0 amide bonds. The Hall–Kier alpha value is -2.62. The van der Waals surface area contributed by atoms with Gasteiger partial charge >= 0.3 is 0 Å². The lowest BCUT2D eigenvalue weighted by molar-refractivity contribution is 0.0994. The van der Waals surface area contributed by atoms with E-state index < -0.39 is 0 Å². The fourth-order valence-electron chi connectivity index (χ4n) is 2.45. The van der Waals surface area contributed by atoms with Crippen molar-refractivity contribution in [3.05, 3.63) is 59.9 Å². The number of ketones is 1. The molecule has 1 aromatic heterocycles. The van der Waals surface area contributed by atoms with E-state index in [0.29, 0.717) is 17.7 Å². The van der Waals surface area contributed by atoms with Gasteiger partial charge in [-0.05, 0) is 35.4 Å². The van der Waals surface area contributed by atoms with Gasteiger partial charge in [-0.3, -0.25) is 9.48 Å². The summed E-state index contributed by atoms with van der Waals surface area (Å²) in [5, 5.41) is 6.26. The Labute approximate surface area is 123 Å². The summed E-state index contributed by atoms with van der Waals surface area (Å²) in [6.45, 7) is 2.81. The van der Waals surface area contributed by atoms with E-state index in [1.54, 1.807) is 6.20 Å². The SMILES string of the molecule is CCn1cc(CC(=O)c2cc3ccccc3cc2N)cn1. The smallest absolute Gasteiger partial charge is 0.169 e. The van der Waals surface area contributed by atoms with Crippen molar-refractivity contribution in [2.75, 3.05) is 5.73 Å². The monoisotopic (exact) mass is 279 g/mol. The van der Waals surface area contributed by atoms with E-state index in [4.69, 9.17) is 5.73 Å². The molecular weight excluding hydrogens is 262 g/mol. The maximum atomic E-state index is 12.5. The van der Waals surface area contributed by atoms with Crippen LogP contribution < -0.4 is 5.73 Å². The average molecular weight is 279 g/mol. The highest BCUT2D eigenvalue weighted by Gasteiger charge is 2.13. The molecule has 0 saturated carbocycles. The van der Waals surface area contributed by atoms with Crippen LogP contribution in [0.2, 0.25) is 0 Å². The first-order valence-corrected chi connectivity index (χ1v) is 7.00. The highest BCUT2D eigenvalue weighted by atomic mass is 16.1. The van der Waals surface area contributed by atoms with Crippen LogP contribution in [-0.2, 0) is 13.0 Å². The van der Waals surface area contributed by atoms with E-state index in [1.165, 1.54) is 0 Å². The molecule has 0 radical (unpaired) electrons. The second kappa shape index (κ2) is 5.40. The maximum Gasteiger partial charge on any atom is 0.169 e. The highest BCUT2D eigenvalue weighted by molar-refractivity contribution is 6.05. The predicted molar refractivity (Wildman–Crippen MR) is 84.3 cm³/mol. The van der Waals surface area contributed by atoms with Crippen molar-refractivity contribution in [2.45, 2.75) is 19.9 Å². The van der Waals surface area contributed by atoms with Crippen LogP contribution in [0.15, 0.2) is 48.8 Å². The normalized spacial score (nSPS) is 10.9. The van der Waals surface area contributed by atoms with Gasteiger partial charge in [0.05, 0.1) is 6.20 Å². The molecule has 0 bridgehead atoms. The number of nitrogens with zero attached hydrogens (tertiary/aromatic N) is 2. The van der Waals surface area contributed by atoms with Gasteiger partial charge in [-0.25, -0.2) is 0 Å². The molecule has 0 atom stereocenters. The zero-order valence-electron chi connectivity index (χ0n) is 11.9. The van der Waals surface area contributed by atoms with Gasteiger partial charge in [0.1, 0.15) is 0 Å². The number of carbonyl (C=O) groups is 1. The fourth-order valence-corrected chi connectivity index (χ4v) is 2.45. The molecular formula is C17H17N3O. The molecule has 0 saturated heterocycles. The zero-order chi connectivity index (χ0) is 14.8. The lowest BCUT2D eigenvalue weighted by Gasteiger charge is -2.06. The van der Waals surface area contributed by atoms with Crippen LogP contribution in [0.1, 0.15) is 22.8 Å². The third-order valence-corrected chi connectivity index (χ3v) is 3.59. The summed E-state index contributed by atoms with van der Waals surface area (Å²) in [5.74, 6) is 0.0221. The average Bonchev–Trinajstić information content (AvgIpc) is 2.94. The van der Waals surface area contributed by atoms with Crippen LogP contribution >= 0.6 is 0 Å². The molecule has 0 spiro atoms. The van der Waals surface area contributed by atoms with Crippen molar-refractivity contribution >= 4 is 22.2 Å². The summed E-state index contributed by atoms with van der Waals surface area (Å²) in [4.78, 5) is 12.5. The largest absolute Gasteiger partial charge is 0.398 e. The number of hydrogen-bond acceptors (Lipinski definition) is 3. The molecule has 0 aliphatic rings. The summed E-state index contributed by atoms with van der Waals surface area (Å²) in [6, 6.07) is 11.6. The minimum absolute atomic E-state index is 0.0221. The molecule has 1 heterocycles. The minimum atomic E-state index is 0.0221. The van der Waals surface area contributed by atoms with Crippen LogP contribution in [0.5, 0.6) is 0 Å². The van der Waals surface area contributed by atoms with Crippen molar-refractivity contribution in [1.82, 2.24) is 9.78 Å². The first-order chi connectivity index (χ1) is 10.2. The second-order valence-electron chi connectivity index (χ2n) is 5.09. The Balaban J connectivity index is 1.91. The number of aromatic nitrogens is 2. The van der Waals surface area contributed by atoms with Crippen LogP contribution in [0.4, 0.5) is 5.69 Å². The number of anilines is 1. The van der Waals surface area contributed by atoms with Crippen LogP contribution in [0.3, 0.4) is 0 Å². The van der Waals surface area contributed by atoms with Crippen LogP contribution in [0.25, 0.3) is 10.8 Å². The molecule has 2 aromatic carbocycles. The van der Waals surface area contributed by atoms with E-state index in [2.05, 4.69) is 5.10 Å². The minimum Gasteiger partial charge on any atom is -0.398 e. The van der Waals surface area contributed by atoms with Crippen molar-refractivity contribution in [1.29, 1.82) is 0 Å². The highest BCUT2D eigenvalue weighted by Crippen LogP contribution is 2.23. The predicted octanol–water partition coefficient (Wildman–Crippen LogP) is 3.06.